The normalized spacial score (nSPS) is 11.5. The molecule has 0 heterocycles. The molecule has 4 nitrogen and oxygen atoms in total. The molecule has 0 unspecified atom stereocenters. The van der Waals surface area contributed by atoms with Crippen molar-refractivity contribution in [3.63, 3.8) is 0 Å². The molecule has 0 amide bonds. The van der Waals surface area contributed by atoms with Crippen LogP contribution in [-0.4, -0.2) is 26.4 Å². The minimum absolute atomic E-state index is 0.0812. The summed E-state index contributed by atoms with van der Waals surface area (Å²) in [6.45, 7) is 0. The van der Waals surface area contributed by atoms with E-state index in [2.05, 4.69) is 0 Å². The Hall–Kier alpha value is -0.442. The number of hydrogen-bond donors (Lipinski definition) is 3. The Labute approximate surface area is 68.8 Å². The van der Waals surface area contributed by atoms with E-state index in [1.807, 2.05) is 0 Å². The van der Waals surface area contributed by atoms with Crippen molar-refractivity contribution >= 4 is 28.8 Å². The second kappa shape index (κ2) is 2.89. The third-order valence-electron chi connectivity index (χ3n) is 1.23. The quantitative estimate of drug-likeness (QED) is 0.441. The van der Waals surface area contributed by atoms with Gasteiger partial charge in [0.2, 0.25) is 0 Å². The Balaban J connectivity index is 3.09. The molecule has 60 valence electrons. The fourth-order valence-electron chi connectivity index (χ4n) is 0.669. The maximum atomic E-state index is 10.7. The molecule has 0 atom stereocenters. The van der Waals surface area contributed by atoms with Gasteiger partial charge < -0.3 is 0 Å². The fraction of sp³-hybridized carbons (Fsp3) is 0. The average molecular weight is 264 g/mol. The molecule has 1 aromatic rings. The molecular weight excluding hydrogens is 256 g/mol. The van der Waals surface area contributed by atoms with Gasteiger partial charge in [-0.25, -0.2) is 0 Å². The van der Waals surface area contributed by atoms with Gasteiger partial charge in [0, 0.05) is 0 Å². The first-order valence-electron chi connectivity index (χ1n) is 2.92. The molecule has 5 heteroatoms. The molecule has 0 aliphatic heterocycles. The van der Waals surface area contributed by atoms with E-state index < -0.39 is 19.6 Å². The number of rotatable bonds is 1. The van der Waals surface area contributed by atoms with E-state index in [9.17, 15) is 3.02 Å². The molecule has 0 fully saturated rings. The van der Waals surface area contributed by atoms with Crippen molar-refractivity contribution in [3.8, 4) is 0 Å². The van der Waals surface area contributed by atoms with Gasteiger partial charge in [-0.3, -0.25) is 0 Å². The summed E-state index contributed by atoms with van der Waals surface area (Å²) in [5.41, 5.74) is 5.83. The van der Waals surface area contributed by atoms with Crippen molar-refractivity contribution in [1.82, 2.24) is 0 Å². The van der Waals surface area contributed by atoms with Gasteiger partial charge in [0.15, 0.2) is 0 Å². The molecule has 0 aliphatic carbocycles. The summed E-state index contributed by atoms with van der Waals surface area (Å²) in [7, 11) is 0. The van der Waals surface area contributed by atoms with Crippen LogP contribution in [0.2, 0.25) is 0 Å². The van der Waals surface area contributed by atoms with E-state index in [0.29, 0.717) is 5.69 Å². The van der Waals surface area contributed by atoms with Crippen molar-refractivity contribution in [2.45, 2.75) is 0 Å². The van der Waals surface area contributed by atoms with Crippen LogP contribution in [0.3, 0.4) is 0 Å². The van der Waals surface area contributed by atoms with Gasteiger partial charge >= 0.3 is 68.6 Å². The van der Waals surface area contributed by atoms with Crippen molar-refractivity contribution in [2.24, 2.45) is 0 Å². The summed E-state index contributed by atoms with van der Waals surface area (Å²) in [6.07, 6.45) is 0. The van der Waals surface area contributed by atoms with Gasteiger partial charge in [0.25, 0.3) is 0 Å². The van der Waals surface area contributed by atoms with Crippen LogP contribution in [0, 0.1) is 0 Å². The average Bonchev–Trinajstić information content (AvgIpc) is 1.86. The molecule has 1 rings (SSSR count). The second-order valence-electron chi connectivity index (χ2n) is 2.14. The molecular formula is C6H8NO3Sb. The predicted molar refractivity (Wildman–Crippen MR) is 41.4 cm³/mol. The van der Waals surface area contributed by atoms with E-state index in [4.69, 9.17) is 12.5 Å². The van der Waals surface area contributed by atoms with Crippen LogP contribution >= 0.6 is 0 Å². The standard InChI is InChI=1S/C6H6N.2H2O.O.Sb/c7-6-4-2-1-3-5-6;;;;/h2-5H,7H2;2*1H2;;/q;;;;+2/p-2. The van der Waals surface area contributed by atoms with Crippen LogP contribution in [0.5, 0.6) is 0 Å². The van der Waals surface area contributed by atoms with E-state index in [1.165, 1.54) is 24.3 Å². The molecule has 0 saturated heterocycles. The summed E-state index contributed by atoms with van der Waals surface area (Å²) in [5.74, 6) is 0. The summed E-state index contributed by atoms with van der Waals surface area (Å²) >= 11 is -4.95. The summed E-state index contributed by atoms with van der Waals surface area (Å²) in [4.78, 5) is 0. The van der Waals surface area contributed by atoms with Gasteiger partial charge in [-0.1, -0.05) is 0 Å². The van der Waals surface area contributed by atoms with Crippen LogP contribution < -0.4 is 9.24 Å². The van der Waals surface area contributed by atoms with Crippen LogP contribution in [0.25, 0.3) is 0 Å². The molecule has 0 saturated carbocycles. The van der Waals surface area contributed by atoms with E-state index in [-0.39, 0.29) is 3.51 Å². The summed E-state index contributed by atoms with van der Waals surface area (Å²) < 4.78 is 28.2. The zero-order valence-electron chi connectivity index (χ0n) is 5.64. The van der Waals surface area contributed by atoms with Gasteiger partial charge in [0.1, 0.15) is 0 Å². The van der Waals surface area contributed by atoms with Gasteiger partial charge in [0.05, 0.1) is 0 Å². The Morgan fingerprint density at radius 3 is 2.00 bits per heavy atom. The van der Waals surface area contributed by atoms with Crippen molar-refractivity contribution < 1.29 is 9.79 Å². The van der Waals surface area contributed by atoms with Gasteiger partial charge in [-0.05, 0) is 0 Å². The fourth-order valence-corrected chi connectivity index (χ4v) is 2.20. The third-order valence-corrected chi connectivity index (χ3v) is 4.00. The molecule has 0 aliphatic rings. The summed E-state index contributed by atoms with van der Waals surface area (Å²) in [5, 5.41) is 0. The number of nitrogens with two attached hydrogens (primary N) is 1. The molecule has 0 radical (unpaired) electrons. The van der Waals surface area contributed by atoms with Crippen LogP contribution in [0.15, 0.2) is 24.3 Å². The molecule has 0 aromatic heterocycles. The third kappa shape index (κ3) is 2.26. The first-order valence-corrected chi connectivity index (χ1v) is 7.52. The van der Waals surface area contributed by atoms with Crippen LogP contribution in [-0.2, 0) is 3.02 Å². The molecule has 11 heavy (non-hydrogen) atoms. The number of anilines is 1. The van der Waals surface area contributed by atoms with Crippen LogP contribution in [0.1, 0.15) is 0 Å². The van der Waals surface area contributed by atoms with Crippen molar-refractivity contribution in [3.05, 3.63) is 24.3 Å². The van der Waals surface area contributed by atoms with E-state index in [0.717, 1.165) is 0 Å². The Kier molecular flexibility index (Phi) is 2.28. The SMILES string of the molecule is Nc1cc[c]([Sb](=[O])([OH])[OH])cc1. The first-order chi connectivity index (χ1) is 5.00. The molecule has 0 spiro atoms. The zero-order valence-corrected chi connectivity index (χ0v) is 8.19. The molecule has 1 aromatic carbocycles. The van der Waals surface area contributed by atoms with E-state index >= 15 is 0 Å². The number of nitrogen functional groups attached to an aromatic ring is 1. The summed E-state index contributed by atoms with van der Waals surface area (Å²) in [6, 6.07) is 5.66. The topological polar surface area (TPSA) is 83.6 Å². The molecule has 4 N–H and O–H groups in total. The second-order valence-corrected chi connectivity index (χ2v) is 6.71. The van der Waals surface area contributed by atoms with Crippen molar-refractivity contribution in [1.29, 1.82) is 0 Å². The van der Waals surface area contributed by atoms with Crippen LogP contribution in [0.4, 0.5) is 5.69 Å². The Morgan fingerprint density at radius 1 is 1.18 bits per heavy atom. The zero-order chi connectivity index (χ0) is 8.48. The monoisotopic (exact) mass is 263 g/mol. The van der Waals surface area contributed by atoms with Crippen molar-refractivity contribution in [2.75, 3.05) is 5.73 Å². The van der Waals surface area contributed by atoms with E-state index in [1.54, 1.807) is 0 Å². The maximum absolute atomic E-state index is 10.7. The van der Waals surface area contributed by atoms with Gasteiger partial charge in [-0.2, -0.15) is 0 Å². The first kappa shape index (κ1) is 8.65. The predicted octanol–water partition coefficient (Wildman–Crippen LogP) is -1.17. The van der Waals surface area contributed by atoms with Gasteiger partial charge in [-0.15, -0.1) is 0 Å². The number of hydrogen-bond acceptors (Lipinski definition) is 2. The molecule has 0 bridgehead atoms. The Morgan fingerprint density at radius 2 is 1.64 bits per heavy atom. The minimum atomic E-state index is -4.95. The Bertz CT molecular complexity index is 289. The number of benzene rings is 1.